The Labute approximate surface area is 166 Å². The predicted molar refractivity (Wildman–Crippen MR) is 101 cm³/mol. The molecule has 0 aliphatic carbocycles. The van der Waals surface area contributed by atoms with E-state index in [4.69, 9.17) is 4.74 Å². The van der Waals surface area contributed by atoms with Crippen molar-refractivity contribution in [3.05, 3.63) is 54.3 Å². The van der Waals surface area contributed by atoms with Crippen molar-refractivity contribution in [1.82, 2.24) is 9.62 Å². The van der Waals surface area contributed by atoms with Crippen molar-refractivity contribution < 1.29 is 27.1 Å². The number of hydrogen-bond donors (Lipinski definition) is 1. The minimum atomic E-state index is -3.98. The smallest absolute Gasteiger partial charge is 0.329 e. The summed E-state index contributed by atoms with van der Waals surface area (Å²) in [6.07, 6.45) is 0.314. The van der Waals surface area contributed by atoms with Gasteiger partial charge in [0.2, 0.25) is 10.0 Å². The van der Waals surface area contributed by atoms with Gasteiger partial charge in [0.25, 0.3) is 5.91 Å². The number of amides is 3. The molecule has 2 fully saturated rings. The molecule has 2 aliphatic rings. The first kappa shape index (κ1) is 19.3. The summed E-state index contributed by atoms with van der Waals surface area (Å²) < 4.78 is 45.7. The molecular formula is C19H18FN3O5S. The molecule has 29 heavy (non-hydrogen) atoms. The van der Waals surface area contributed by atoms with Gasteiger partial charge in [-0.25, -0.2) is 22.5 Å². The fraction of sp³-hybridized carbons (Fsp3) is 0.263. The van der Waals surface area contributed by atoms with Gasteiger partial charge in [0, 0.05) is 6.54 Å². The summed E-state index contributed by atoms with van der Waals surface area (Å²) in [6, 6.07) is 8.35. The van der Waals surface area contributed by atoms with E-state index in [1.165, 1.54) is 43.5 Å². The maximum absolute atomic E-state index is 13.2. The molecule has 0 radical (unpaired) electrons. The third kappa shape index (κ3) is 3.23. The first-order valence-corrected chi connectivity index (χ1v) is 10.3. The van der Waals surface area contributed by atoms with E-state index in [-0.39, 0.29) is 17.1 Å². The monoisotopic (exact) mass is 419 g/mol. The van der Waals surface area contributed by atoms with Gasteiger partial charge < -0.3 is 10.1 Å². The molecule has 0 unspecified atom stereocenters. The molecule has 2 aromatic carbocycles. The van der Waals surface area contributed by atoms with Crippen molar-refractivity contribution in [1.29, 1.82) is 0 Å². The van der Waals surface area contributed by atoms with Gasteiger partial charge in [0.1, 0.15) is 17.6 Å². The lowest BCUT2D eigenvalue weighted by molar-refractivity contribution is -0.122. The molecule has 2 heterocycles. The second-order valence-corrected chi connectivity index (χ2v) is 8.62. The molecule has 0 spiro atoms. The number of benzene rings is 2. The molecule has 2 aromatic rings. The maximum Gasteiger partial charge on any atom is 0.329 e. The summed E-state index contributed by atoms with van der Waals surface area (Å²) in [7, 11) is -2.50. The third-order valence-corrected chi connectivity index (χ3v) is 6.98. The van der Waals surface area contributed by atoms with Crippen LogP contribution in [0.25, 0.3) is 0 Å². The van der Waals surface area contributed by atoms with Crippen LogP contribution in [-0.4, -0.2) is 50.4 Å². The molecule has 0 aromatic heterocycles. The number of rotatable bonds is 4. The minimum Gasteiger partial charge on any atom is -0.497 e. The number of nitrogens with zero attached hydrogens (tertiary/aromatic N) is 2. The fourth-order valence-electron chi connectivity index (χ4n) is 3.65. The average Bonchev–Trinajstić information content (AvgIpc) is 3.14. The molecule has 2 saturated heterocycles. The average molecular weight is 419 g/mol. The molecule has 8 nitrogen and oxygen atoms in total. The molecule has 0 bridgehead atoms. The lowest BCUT2D eigenvalue weighted by atomic mass is 10.1. The van der Waals surface area contributed by atoms with Crippen LogP contribution in [0.1, 0.15) is 6.42 Å². The second-order valence-electron chi connectivity index (χ2n) is 6.73. The number of methoxy groups -OCH3 is 1. The molecule has 152 valence electrons. The number of anilines is 1. The lowest BCUT2D eigenvalue weighted by Gasteiger charge is -2.36. The van der Waals surface area contributed by atoms with E-state index in [0.29, 0.717) is 12.2 Å². The standard InChI is InChI=1S/C19H18FN3O5S/c1-28-14-6-8-15(9-7-14)29(26,27)22-11-10-16-17(22)18(24)23(19(25)21-16)13-4-2-12(20)3-5-13/h2-9,16-17H,10-11H2,1H3,(H,21,25)/t16-,17+/m1/s1. The highest BCUT2D eigenvalue weighted by Crippen LogP contribution is 2.32. The number of sulfonamides is 1. The first-order valence-electron chi connectivity index (χ1n) is 8.89. The van der Waals surface area contributed by atoms with Crippen molar-refractivity contribution >= 4 is 27.6 Å². The number of hydrogen-bond acceptors (Lipinski definition) is 5. The molecule has 1 N–H and O–H groups in total. The normalized spacial score (nSPS) is 22.3. The van der Waals surface area contributed by atoms with Gasteiger partial charge in [-0.1, -0.05) is 0 Å². The van der Waals surface area contributed by atoms with E-state index in [9.17, 15) is 22.4 Å². The van der Waals surface area contributed by atoms with Gasteiger partial charge in [0.05, 0.1) is 23.7 Å². The van der Waals surface area contributed by atoms with Crippen molar-refractivity contribution in [2.45, 2.75) is 23.4 Å². The van der Waals surface area contributed by atoms with E-state index in [2.05, 4.69) is 5.32 Å². The Morgan fingerprint density at radius 3 is 2.34 bits per heavy atom. The highest BCUT2D eigenvalue weighted by molar-refractivity contribution is 7.89. The molecule has 2 aliphatic heterocycles. The van der Waals surface area contributed by atoms with Crippen LogP contribution < -0.4 is 15.0 Å². The van der Waals surface area contributed by atoms with Gasteiger partial charge in [-0.15, -0.1) is 0 Å². The quantitative estimate of drug-likeness (QED) is 0.814. The fourth-order valence-corrected chi connectivity index (χ4v) is 5.29. The van der Waals surface area contributed by atoms with Crippen LogP contribution in [0.4, 0.5) is 14.9 Å². The summed E-state index contributed by atoms with van der Waals surface area (Å²) in [5, 5.41) is 2.69. The zero-order chi connectivity index (χ0) is 20.8. The summed E-state index contributed by atoms with van der Waals surface area (Å²) >= 11 is 0. The van der Waals surface area contributed by atoms with Gasteiger partial charge >= 0.3 is 6.03 Å². The highest BCUT2D eigenvalue weighted by Gasteiger charge is 2.52. The van der Waals surface area contributed by atoms with Crippen LogP contribution in [0.5, 0.6) is 5.75 Å². The number of urea groups is 1. The molecule has 3 amide bonds. The minimum absolute atomic E-state index is 0.0250. The van der Waals surface area contributed by atoms with Crippen LogP contribution in [0, 0.1) is 5.82 Å². The van der Waals surface area contributed by atoms with E-state index in [0.717, 1.165) is 21.3 Å². The first-order chi connectivity index (χ1) is 13.8. The largest absolute Gasteiger partial charge is 0.497 e. The van der Waals surface area contributed by atoms with E-state index >= 15 is 0 Å². The van der Waals surface area contributed by atoms with Crippen molar-refractivity contribution in [3.63, 3.8) is 0 Å². The van der Waals surface area contributed by atoms with E-state index < -0.39 is 39.9 Å². The summed E-state index contributed by atoms with van der Waals surface area (Å²) in [5.41, 5.74) is 0.168. The predicted octanol–water partition coefficient (Wildman–Crippen LogP) is 1.72. The van der Waals surface area contributed by atoms with Crippen LogP contribution >= 0.6 is 0 Å². The summed E-state index contributed by atoms with van der Waals surface area (Å²) in [4.78, 5) is 26.5. The third-order valence-electron chi connectivity index (χ3n) is 5.09. The van der Waals surface area contributed by atoms with E-state index in [1.54, 1.807) is 0 Å². The number of ether oxygens (including phenoxy) is 1. The van der Waals surface area contributed by atoms with Crippen molar-refractivity contribution in [3.8, 4) is 5.75 Å². The van der Waals surface area contributed by atoms with Crippen molar-refractivity contribution in [2.75, 3.05) is 18.6 Å². The molecule has 4 rings (SSSR count). The van der Waals surface area contributed by atoms with Gasteiger partial charge in [-0.05, 0) is 55.0 Å². The highest BCUT2D eigenvalue weighted by atomic mass is 32.2. The number of carbonyl (C=O) groups excluding carboxylic acids is 2. The number of nitrogens with one attached hydrogen (secondary N) is 1. The van der Waals surface area contributed by atoms with E-state index in [1.807, 2.05) is 0 Å². The number of fused-ring (bicyclic) bond motifs is 1. The van der Waals surface area contributed by atoms with Crippen LogP contribution in [0.15, 0.2) is 53.4 Å². The van der Waals surface area contributed by atoms with Gasteiger partial charge in [0.15, 0.2) is 0 Å². The number of carbonyl (C=O) groups is 2. The summed E-state index contributed by atoms with van der Waals surface area (Å²) in [5.74, 6) is -0.673. The number of halogens is 1. The Morgan fingerprint density at radius 2 is 1.72 bits per heavy atom. The SMILES string of the molecule is COc1ccc(S(=O)(=O)N2CC[C@H]3NC(=O)N(c4ccc(F)cc4)C(=O)[C@H]32)cc1. The molecular weight excluding hydrogens is 401 g/mol. The number of imide groups is 1. The van der Waals surface area contributed by atoms with Gasteiger partial charge in [-0.3, -0.25) is 4.79 Å². The molecule has 10 heteroatoms. The zero-order valence-electron chi connectivity index (χ0n) is 15.4. The van der Waals surface area contributed by atoms with Crippen LogP contribution in [0.3, 0.4) is 0 Å². The van der Waals surface area contributed by atoms with Crippen LogP contribution in [0.2, 0.25) is 0 Å². The topological polar surface area (TPSA) is 96.0 Å². The Kier molecular flexibility index (Phi) is 4.75. The Bertz CT molecular complexity index is 1060. The zero-order valence-corrected chi connectivity index (χ0v) is 16.2. The van der Waals surface area contributed by atoms with Gasteiger partial charge in [-0.2, -0.15) is 4.31 Å². The van der Waals surface area contributed by atoms with Crippen molar-refractivity contribution in [2.24, 2.45) is 0 Å². The summed E-state index contributed by atoms with van der Waals surface area (Å²) in [6.45, 7) is 0.0903. The lowest BCUT2D eigenvalue weighted by Crippen LogP contribution is -2.64. The maximum atomic E-state index is 13.2. The molecule has 2 atom stereocenters. The Morgan fingerprint density at radius 1 is 1.07 bits per heavy atom. The Balaban J connectivity index is 1.68. The second kappa shape index (κ2) is 7.12. The Hall–Kier alpha value is -2.98. The molecule has 0 saturated carbocycles. The van der Waals surface area contributed by atoms with Crippen LogP contribution in [-0.2, 0) is 14.8 Å².